The number of ether oxygens (including phenoxy) is 4. The minimum Gasteiger partial charge on any atom is -0.497 e. The van der Waals surface area contributed by atoms with E-state index in [-0.39, 0.29) is 0 Å². The van der Waals surface area contributed by atoms with Crippen LogP contribution in [0.5, 0.6) is 17.2 Å². The van der Waals surface area contributed by atoms with Gasteiger partial charge >= 0.3 is 5.97 Å². The zero-order valence-electron chi connectivity index (χ0n) is 20.2. The Labute approximate surface area is 208 Å². The number of hydrazone groups is 1. The maximum absolute atomic E-state index is 13.0. The fourth-order valence-electron chi connectivity index (χ4n) is 3.77. The fourth-order valence-corrected chi connectivity index (χ4v) is 3.77. The highest BCUT2D eigenvalue weighted by molar-refractivity contribution is 6.03. The molecule has 4 rings (SSSR count). The van der Waals surface area contributed by atoms with E-state index in [1.54, 1.807) is 56.9 Å². The predicted molar refractivity (Wildman–Crippen MR) is 132 cm³/mol. The molecule has 0 radical (unpaired) electrons. The lowest BCUT2D eigenvalue weighted by Gasteiger charge is -2.19. The van der Waals surface area contributed by atoms with Crippen LogP contribution in [-0.2, 0) is 14.3 Å². The van der Waals surface area contributed by atoms with Gasteiger partial charge in [-0.05, 0) is 65.7 Å². The Morgan fingerprint density at radius 2 is 1.81 bits per heavy atom. The molecule has 2 aromatic carbocycles. The maximum Gasteiger partial charge on any atom is 0.331 e. The van der Waals surface area contributed by atoms with Crippen molar-refractivity contribution >= 4 is 23.7 Å². The molecule has 0 saturated heterocycles. The topological polar surface area (TPSA) is 99.8 Å². The fraction of sp³-hybridized carbons (Fsp3) is 0.222. The van der Waals surface area contributed by atoms with E-state index in [1.165, 1.54) is 18.2 Å². The molecule has 0 fully saturated rings. The van der Waals surface area contributed by atoms with Crippen LogP contribution < -0.4 is 14.2 Å². The van der Waals surface area contributed by atoms with Gasteiger partial charge in [0.25, 0.3) is 5.91 Å². The molecular formula is C27H26N2O7. The van der Waals surface area contributed by atoms with Gasteiger partial charge in [0, 0.05) is 12.5 Å². The average Bonchev–Trinajstić information content (AvgIpc) is 3.61. The summed E-state index contributed by atoms with van der Waals surface area (Å²) < 4.78 is 26.4. The number of benzene rings is 2. The molecule has 1 unspecified atom stereocenters. The maximum atomic E-state index is 13.0. The summed E-state index contributed by atoms with van der Waals surface area (Å²) >= 11 is 0. The van der Waals surface area contributed by atoms with Gasteiger partial charge in [0.1, 0.15) is 17.6 Å². The van der Waals surface area contributed by atoms with E-state index >= 15 is 0 Å². The smallest absolute Gasteiger partial charge is 0.331 e. The minimum absolute atomic E-state index is 0.439. The monoisotopic (exact) mass is 490 g/mol. The zero-order chi connectivity index (χ0) is 25.5. The molecule has 9 nitrogen and oxygen atoms in total. The number of carbonyl (C=O) groups is 2. The van der Waals surface area contributed by atoms with Crippen molar-refractivity contribution in [3.63, 3.8) is 0 Å². The molecule has 3 aromatic rings. The summed E-state index contributed by atoms with van der Waals surface area (Å²) in [6.07, 6.45) is 4.81. The highest BCUT2D eigenvalue weighted by atomic mass is 16.5. The zero-order valence-corrected chi connectivity index (χ0v) is 20.2. The summed E-state index contributed by atoms with van der Waals surface area (Å²) in [6.45, 7) is -0.467. The highest BCUT2D eigenvalue weighted by Gasteiger charge is 2.35. The van der Waals surface area contributed by atoms with Gasteiger partial charge in [-0.1, -0.05) is 6.07 Å². The number of rotatable bonds is 9. The number of esters is 1. The minimum atomic E-state index is -0.661. The molecule has 2 heterocycles. The third-order valence-corrected chi connectivity index (χ3v) is 5.62. The number of carbonyl (C=O) groups excluding carboxylic acids is 2. The molecule has 0 N–H and O–H groups in total. The molecule has 36 heavy (non-hydrogen) atoms. The molecule has 1 atom stereocenters. The summed E-state index contributed by atoms with van der Waals surface area (Å²) in [4.78, 5) is 25.3. The van der Waals surface area contributed by atoms with Crippen molar-refractivity contribution < 1.29 is 33.0 Å². The third-order valence-electron chi connectivity index (χ3n) is 5.62. The Morgan fingerprint density at radius 1 is 1.03 bits per heavy atom. The van der Waals surface area contributed by atoms with E-state index in [0.29, 0.717) is 35.0 Å². The Hall–Kier alpha value is -4.53. The summed E-state index contributed by atoms with van der Waals surface area (Å²) in [5.41, 5.74) is 2.28. The Kier molecular flexibility index (Phi) is 7.69. The molecule has 0 bridgehead atoms. The van der Waals surface area contributed by atoms with Gasteiger partial charge < -0.3 is 23.4 Å². The first-order chi connectivity index (χ1) is 17.5. The number of furan rings is 1. The molecule has 1 amide bonds. The second kappa shape index (κ2) is 11.3. The molecule has 1 aliphatic rings. The average molecular weight is 491 g/mol. The van der Waals surface area contributed by atoms with Crippen molar-refractivity contribution in [1.29, 1.82) is 0 Å². The van der Waals surface area contributed by atoms with E-state index in [9.17, 15) is 9.59 Å². The van der Waals surface area contributed by atoms with Crippen LogP contribution >= 0.6 is 0 Å². The van der Waals surface area contributed by atoms with Crippen LogP contribution in [0.4, 0.5) is 0 Å². The lowest BCUT2D eigenvalue weighted by molar-refractivity contribution is -0.149. The van der Waals surface area contributed by atoms with Crippen molar-refractivity contribution in [3.05, 3.63) is 83.8 Å². The molecule has 1 aromatic heterocycles. The first-order valence-electron chi connectivity index (χ1n) is 11.2. The van der Waals surface area contributed by atoms with E-state index in [2.05, 4.69) is 5.10 Å². The van der Waals surface area contributed by atoms with Crippen molar-refractivity contribution in [3.8, 4) is 17.2 Å². The van der Waals surface area contributed by atoms with E-state index in [1.807, 2.05) is 24.3 Å². The Morgan fingerprint density at radius 3 is 2.47 bits per heavy atom. The van der Waals surface area contributed by atoms with E-state index in [0.717, 1.165) is 11.3 Å². The van der Waals surface area contributed by atoms with Crippen LogP contribution in [0.3, 0.4) is 0 Å². The van der Waals surface area contributed by atoms with Crippen LogP contribution in [0, 0.1) is 0 Å². The Balaban J connectivity index is 1.43. The van der Waals surface area contributed by atoms with Crippen LogP contribution in [0.15, 0.2) is 76.5 Å². The summed E-state index contributed by atoms with van der Waals surface area (Å²) in [6, 6.07) is 15.7. The first-order valence-corrected chi connectivity index (χ1v) is 11.2. The normalized spacial score (nSPS) is 15.0. The van der Waals surface area contributed by atoms with Crippen molar-refractivity contribution in [2.45, 2.75) is 12.5 Å². The summed E-state index contributed by atoms with van der Waals surface area (Å²) in [7, 11) is 4.67. The number of amides is 1. The largest absolute Gasteiger partial charge is 0.497 e. The van der Waals surface area contributed by atoms with Crippen molar-refractivity contribution in [2.24, 2.45) is 5.10 Å². The number of nitrogens with zero attached hydrogens (tertiary/aromatic N) is 2. The van der Waals surface area contributed by atoms with Crippen molar-refractivity contribution in [1.82, 2.24) is 5.01 Å². The van der Waals surface area contributed by atoms with Crippen LogP contribution in [0.25, 0.3) is 6.08 Å². The van der Waals surface area contributed by atoms with Crippen LogP contribution in [0.1, 0.15) is 29.3 Å². The molecule has 9 heteroatoms. The lowest BCUT2D eigenvalue weighted by Crippen LogP contribution is -2.31. The molecule has 1 aliphatic heterocycles. The molecule has 0 spiro atoms. The summed E-state index contributed by atoms with van der Waals surface area (Å²) in [5.74, 6) is 1.30. The SMILES string of the molecule is COc1ccc(C2=NN(C(=O)COC(=O)/C=C/c3ccc(OC)c(OC)c3)C(c3ccco3)C2)cc1. The van der Waals surface area contributed by atoms with Gasteiger partial charge in [-0.15, -0.1) is 0 Å². The van der Waals surface area contributed by atoms with Gasteiger partial charge in [-0.25, -0.2) is 9.80 Å². The predicted octanol–water partition coefficient (Wildman–Crippen LogP) is 4.24. The van der Waals surface area contributed by atoms with E-state index < -0.39 is 24.5 Å². The van der Waals surface area contributed by atoms with Gasteiger partial charge in [0.2, 0.25) is 0 Å². The van der Waals surface area contributed by atoms with Gasteiger partial charge in [0.15, 0.2) is 18.1 Å². The molecule has 186 valence electrons. The van der Waals surface area contributed by atoms with Crippen LogP contribution in [0.2, 0.25) is 0 Å². The molecule has 0 saturated carbocycles. The standard InChI is InChI=1S/C27H26N2O7/c1-32-20-10-8-19(9-11-20)21-16-22(23-5-4-14-35-23)29(28-21)26(30)17-36-27(31)13-7-18-6-12-24(33-2)25(15-18)34-3/h4-15,22H,16-17H2,1-3H3/b13-7+. The van der Waals surface area contributed by atoms with E-state index in [4.69, 9.17) is 23.4 Å². The second-order valence-corrected chi connectivity index (χ2v) is 7.80. The lowest BCUT2D eigenvalue weighted by atomic mass is 10.0. The van der Waals surface area contributed by atoms with Gasteiger partial charge in [-0.3, -0.25) is 4.79 Å². The quantitative estimate of drug-likeness (QED) is 0.327. The first kappa shape index (κ1) is 24.6. The van der Waals surface area contributed by atoms with Gasteiger partial charge in [-0.2, -0.15) is 5.10 Å². The highest BCUT2D eigenvalue weighted by Crippen LogP contribution is 2.33. The molecular weight excluding hydrogens is 464 g/mol. The van der Waals surface area contributed by atoms with Crippen LogP contribution in [-0.4, -0.2) is 50.5 Å². The van der Waals surface area contributed by atoms with Crippen molar-refractivity contribution in [2.75, 3.05) is 27.9 Å². The number of hydrogen-bond donors (Lipinski definition) is 0. The number of methoxy groups -OCH3 is 3. The third kappa shape index (κ3) is 5.57. The number of hydrogen-bond acceptors (Lipinski definition) is 8. The Bertz CT molecular complexity index is 1260. The van der Waals surface area contributed by atoms with Gasteiger partial charge in [0.05, 0.1) is 33.3 Å². The molecule has 0 aliphatic carbocycles. The summed E-state index contributed by atoms with van der Waals surface area (Å²) in [5, 5.41) is 5.83. The second-order valence-electron chi connectivity index (χ2n) is 7.80.